The van der Waals surface area contributed by atoms with Crippen molar-refractivity contribution in [3.63, 3.8) is 0 Å². The van der Waals surface area contributed by atoms with Crippen LogP contribution in [0.4, 0.5) is 0 Å². The molecule has 1 rings (SSSR count). The van der Waals surface area contributed by atoms with Gasteiger partial charge in [0.25, 0.3) is 0 Å². The fourth-order valence-electron chi connectivity index (χ4n) is 4.19. The summed E-state index contributed by atoms with van der Waals surface area (Å²) < 4.78 is 5.31. The van der Waals surface area contributed by atoms with Crippen molar-refractivity contribution in [2.75, 3.05) is 13.6 Å². The number of esters is 1. The van der Waals surface area contributed by atoms with E-state index in [2.05, 4.69) is 0 Å². The van der Waals surface area contributed by atoms with E-state index in [1.165, 1.54) is 6.92 Å². The Bertz CT molecular complexity index is 485. The van der Waals surface area contributed by atoms with E-state index in [4.69, 9.17) is 4.74 Å². The van der Waals surface area contributed by atoms with Crippen LogP contribution in [0.5, 0.6) is 0 Å². The van der Waals surface area contributed by atoms with Gasteiger partial charge in [-0.15, -0.1) is 0 Å². The lowest BCUT2D eigenvalue weighted by molar-refractivity contribution is -0.169. The maximum atomic E-state index is 12.4. The van der Waals surface area contributed by atoms with Gasteiger partial charge in [0, 0.05) is 12.6 Å². The number of carbonyl (C=O) groups excluding carboxylic acids is 1. The van der Waals surface area contributed by atoms with Crippen LogP contribution in [0.2, 0.25) is 0 Å². The molecule has 0 amide bonds. The monoisotopic (exact) mass is 389 g/mol. The minimum Gasteiger partial charge on any atom is -0.460 e. The fraction of sp³-hybridized carbons (Fsp3) is 0.950. The Balaban J connectivity index is 3.12. The summed E-state index contributed by atoms with van der Waals surface area (Å²) in [5.74, 6) is -1.59. The Morgan fingerprint density at radius 2 is 1.56 bits per heavy atom. The molecule has 0 aromatic heterocycles. The zero-order valence-corrected chi connectivity index (χ0v) is 17.8. The van der Waals surface area contributed by atoms with Crippen molar-refractivity contribution < 1.29 is 30.0 Å². The topological polar surface area (TPSA) is 110 Å². The van der Waals surface area contributed by atoms with Crippen molar-refractivity contribution in [2.24, 2.45) is 17.8 Å². The van der Waals surface area contributed by atoms with Crippen molar-refractivity contribution in [2.45, 2.75) is 90.4 Å². The second-order valence-corrected chi connectivity index (χ2v) is 9.07. The summed E-state index contributed by atoms with van der Waals surface area (Å²) in [6.07, 6.45) is -3.34. The third kappa shape index (κ3) is 6.68. The van der Waals surface area contributed by atoms with Gasteiger partial charge in [0.15, 0.2) is 0 Å². The van der Waals surface area contributed by atoms with Gasteiger partial charge in [-0.25, -0.2) is 0 Å². The van der Waals surface area contributed by atoms with E-state index in [1.807, 2.05) is 25.8 Å². The van der Waals surface area contributed by atoms with Gasteiger partial charge in [-0.3, -0.25) is 4.79 Å². The summed E-state index contributed by atoms with van der Waals surface area (Å²) in [6, 6.07) is -0.361. The number of aliphatic hydroxyl groups is 4. The minimum absolute atomic E-state index is 0.138. The van der Waals surface area contributed by atoms with Crippen LogP contribution in [0.15, 0.2) is 0 Å². The van der Waals surface area contributed by atoms with Gasteiger partial charge < -0.3 is 30.1 Å². The average molecular weight is 390 g/mol. The molecule has 1 fully saturated rings. The molecule has 7 nitrogen and oxygen atoms in total. The summed E-state index contributed by atoms with van der Waals surface area (Å²) >= 11 is 0. The Hall–Kier alpha value is -0.730. The van der Waals surface area contributed by atoms with E-state index in [1.54, 1.807) is 20.8 Å². The lowest BCUT2D eigenvalue weighted by atomic mass is 9.81. The number of carbonyl (C=O) groups is 1. The van der Waals surface area contributed by atoms with Gasteiger partial charge in [0.1, 0.15) is 12.2 Å². The number of hydrogen-bond donors (Lipinski definition) is 4. The fourth-order valence-corrected chi connectivity index (χ4v) is 4.19. The lowest BCUT2D eigenvalue weighted by Crippen LogP contribution is -2.51. The van der Waals surface area contributed by atoms with E-state index >= 15 is 0 Å². The molecule has 0 radical (unpaired) electrons. The van der Waals surface area contributed by atoms with Crippen LogP contribution in [0, 0.1) is 17.8 Å². The molecule has 27 heavy (non-hydrogen) atoms. The number of rotatable bonds is 0. The molecule has 1 saturated heterocycles. The molecule has 1 aliphatic rings. The zero-order valence-electron chi connectivity index (χ0n) is 17.8. The molecule has 0 aromatic carbocycles. The summed E-state index contributed by atoms with van der Waals surface area (Å²) in [6.45, 7) is 11.1. The second kappa shape index (κ2) is 9.65. The van der Waals surface area contributed by atoms with Gasteiger partial charge in [0.2, 0.25) is 0 Å². The number of likely N-dealkylation sites (N-methyl/N-ethyl adjacent to an activating group) is 1. The highest BCUT2D eigenvalue weighted by Crippen LogP contribution is 2.29. The van der Waals surface area contributed by atoms with E-state index in [9.17, 15) is 25.2 Å². The maximum Gasteiger partial charge on any atom is 0.311 e. The highest BCUT2D eigenvalue weighted by molar-refractivity contribution is 5.73. The summed E-state index contributed by atoms with van der Waals surface area (Å²) in [7, 11) is 1.86. The smallest absolute Gasteiger partial charge is 0.311 e. The Morgan fingerprint density at radius 1 is 1.00 bits per heavy atom. The number of hydrogen-bond acceptors (Lipinski definition) is 7. The third-order valence-electron chi connectivity index (χ3n) is 5.94. The van der Waals surface area contributed by atoms with Crippen molar-refractivity contribution in [1.82, 2.24) is 4.90 Å². The largest absolute Gasteiger partial charge is 0.460 e. The van der Waals surface area contributed by atoms with E-state index < -0.39 is 41.9 Å². The van der Waals surface area contributed by atoms with Crippen molar-refractivity contribution >= 4 is 5.97 Å². The van der Waals surface area contributed by atoms with Crippen LogP contribution in [0.3, 0.4) is 0 Å². The summed E-state index contributed by atoms with van der Waals surface area (Å²) in [5.41, 5.74) is -0.987. The van der Waals surface area contributed by atoms with Crippen LogP contribution < -0.4 is 0 Å². The van der Waals surface area contributed by atoms with Gasteiger partial charge in [-0.1, -0.05) is 13.8 Å². The summed E-state index contributed by atoms with van der Waals surface area (Å²) in [4.78, 5) is 14.3. The second-order valence-electron chi connectivity index (χ2n) is 9.07. The molecule has 160 valence electrons. The first-order chi connectivity index (χ1) is 12.3. The van der Waals surface area contributed by atoms with Crippen LogP contribution in [-0.2, 0) is 9.53 Å². The lowest BCUT2D eigenvalue weighted by Gasteiger charge is -2.36. The van der Waals surface area contributed by atoms with E-state index in [0.717, 1.165) is 0 Å². The molecule has 1 heterocycles. The average Bonchev–Trinajstić information content (AvgIpc) is 2.55. The molecule has 0 saturated carbocycles. The molecule has 0 aliphatic carbocycles. The van der Waals surface area contributed by atoms with Gasteiger partial charge in [-0.05, 0) is 59.4 Å². The molecule has 4 N–H and O–H groups in total. The van der Waals surface area contributed by atoms with E-state index in [0.29, 0.717) is 19.4 Å². The molecule has 9 atom stereocenters. The predicted octanol–water partition coefficient (Wildman–Crippen LogP) is 0.774. The SMILES string of the molecule is CC1C(=O)OC(C)[C@@H](O)C(O)[C@@H](C)N(C)C[C@@H](C)CC(C)(O)C[C@H](C)C1O. The van der Waals surface area contributed by atoms with Crippen LogP contribution in [-0.4, -0.2) is 80.9 Å². The number of cyclic esters (lactones) is 1. The number of ether oxygens (including phenoxy) is 1. The van der Waals surface area contributed by atoms with Crippen LogP contribution in [0.1, 0.15) is 54.4 Å². The van der Waals surface area contributed by atoms with Crippen LogP contribution in [0.25, 0.3) is 0 Å². The van der Waals surface area contributed by atoms with Gasteiger partial charge in [-0.2, -0.15) is 0 Å². The normalized spacial score (nSPS) is 47.0. The van der Waals surface area contributed by atoms with Crippen molar-refractivity contribution in [3.05, 3.63) is 0 Å². The number of nitrogens with zero attached hydrogens (tertiary/aromatic N) is 1. The minimum atomic E-state index is -1.24. The zero-order chi connectivity index (χ0) is 21.1. The molecule has 0 bridgehead atoms. The number of aliphatic hydroxyl groups excluding tert-OH is 3. The van der Waals surface area contributed by atoms with Gasteiger partial charge in [0.05, 0.1) is 23.7 Å². The molecule has 1 aliphatic heterocycles. The summed E-state index contributed by atoms with van der Waals surface area (Å²) in [5, 5.41) is 42.3. The third-order valence-corrected chi connectivity index (χ3v) is 5.94. The Kier molecular flexibility index (Phi) is 8.69. The molecular formula is C20H39NO6. The molecule has 0 aromatic rings. The van der Waals surface area contributed by atoms with Crippen molar-refractivity contribution in [3.8, 4) is 0 Å². The first kappa shape index (κ1) is 24.3. The quantitative estimate of drug-likeness (QED) is 0.453. The molecule has 5 unspecified atom stereocenters. The first-order valence-electron chi connectivity index (χ1n) is 9.94. The molecule has 0 spiro atoms. The standard InChI is InChI=1S/C20H39NO6/c1-11-8-20(6,26)9-12(2)16(22)13(3)19(25)27-15(5)18(24)17(23)14(4)21(7)10-11/h11-18,22-24,26H,8-10H2,1-7H3/t11-,12-,13?,14+,15?,16?,17?,18+,20?/m0/s1. The Labute approximate surface area is 163 Å². The first-order valence-corrected chi connectivity index (χ1v) is 9.94. The highest BCUT2D eigenvalue weighted by atomic mass is 16.6. The van der Waals surface area contributed by atoms with Gasteiger partial charge >= 0.3 is 5.97 Å². The Morgan fingerprint density at radius 3 is 2.11 bits per heavy atom. The van der Waals surface area contributed by atoms with Crippen molar-refractivity contribution in [1.29, 1.82) is 0 Å². The highest BCUT2D eigenvalue weighted by Gasteiger charge is 2.37. The van der Waals surface area contributed by atoms with Crippen LogP contribution >= 0.6 is 0 Å². The van der Waals surface area contributed by atoms with E-state index in [-0.39, 0.29) is 17.9 Å². The maximum absolute atomic E-state index is 12.4. The predicted molar refractivity (Wildman–Crippen MR) is 103 cm³/mol. The molecular weight excluding hydrogens is 350 g/mol. The molecule has 7 heteroatoms.